The maximum atomic E-state index is 13.3. The van der Waals surface area contributed by atoms with Gasteiger partial charge in [0.15, 0.2) is 0 Å². The van der Waals surface area contributed by atoms with Gasteiger partial charge in [0.2, 0.25) is 15.9 Å². The standard InChI is InChI=1S/C10H14FN3O3S/c1-6-4-7(5-8(12)10(6)11)18(16,17)14-3-2-9(13)15/h4-5,14H,2-3,12H2,1H3,(H2,13,15). The Labute approximate surface area is 104 Å². The lowest BCUT2D eigenvalue weighted by molar-refractivity contribution is -0.117. The summed E-state index contributed by atoms with van der Waals surface area (Å²) in [4.78, 5) is 10.3. The van der Waals surface area contributed by atoms with Crippen LogP contribution in [0, 0.1) is 12.7 Å². The maximum Gasteiger partial charge on any atom is 0.240 e. The predicted octanol–water partition coefficient (Wildman–Crippen LogP) is -0.130. The molecule has 0 saturated heterocycles. The van der Waals surface area contributed by atoms with E-state index in [9.17, 15) is 17.6 Å². The number of carbonyl (C=O) groups is 1. The van der Waals surface area contributed by atoms with Gasteiger partial charge in [-0.25, -0.2) is 17.5 Å². The van der Waals surface area contributed by atoms with E-state index in [1.807, 2.05) is 0 Å². The summed E-state index contributed by atoms with van der Waals surface area (Å²) in [6.07, 6.45) is -0.116. The van der Waals surface area contributed by atoms with E-state index in [1.165, 1.54) is 6.92 Å². The Hall–Kier alpha value is -1.67. The molecule has 5 N–H and O–H groups in total. The molecule has 0 radical (unpaired) electrons. The number of halogens is 1. The van der Waals surface area contributed by atoms with E-state index in [0.717, 1.165) is 12.1 Å². The number of nitrogens with two attached hydrogens (primary N) is 2. The second kappa shape index (κ2) is 5.32. The van der Waals surface area contributed by atoms with Gasteiger partial charge in [0.05, 0.1) is 10.6 Å². The first-order valence-corrected chi connectivity index (χ1v) is 6.56. The van der Waals surface area contributed by atoms with E-state index in [1.54, 1.807) is 0 Å². The molecule has 1 aromatic carbocycles. The molecule has 8 heteroatoms. The van der Waals surface area contributed by atoms with Crippen molar-refractivity contribution < 1.29 is 17.6 Å². The molecule has 0 saturated carbocycles. The van der Waals surface area contributed by atoms with Crippen LogP contribution in [0.3, 0.4) is 0 Å². The summed E-state index contributed by atoms with van der Waals surface area (Å²) >= 11 is 0. The first-order chi connectivity index (χ1) is 8.24. The highest BCUT2D eigenvalue weighted by atomic mass is 32.2. The number of nitrogen functional groups attached to an aromatic ring is 1. The third-order valence-electron chi connectivity index (χ3n) is 2.23. The van der Waals surface area contributed by atoms with Crippen molar-refractivity contribution in [1.82, 2.24) is 4.72 Å². The minimum Gasteiger partial charge on any atom is -0.396 e. The van der Waals surface area contributed by atoms with Crippen LogP contribution in [0.25, 0.3) is 0 Å². The van der Waals surface area contributed by atoms with Gasteiger partial charge in [0.1, 0.15) is 5.82 Å². The Morgan fingerprint density at radius 3 is 2.56 bits per heavy atom. The van der Waals surface area contributed by atoms with Gasteiger partial charge in [0.25, 0.3) is 0 Å². The molecule has 0 aliphatic carbocycles. The van der Waals surface area contributed by atoms with Crippen molar-refractivity contribution in [3.8, 4) is 0 Å². The largest absolute Gasteiger partial charge is 0.396 e. The van der Waals surface area contributed by atoms with Crippen molar-refractivity contribution in [2.75, 3.05) is 12.3 Å². The summed E-state index contributed by atoms with van der Waals surface area (Å²) in [5, 5.41) is 0. The Morgan fingerprint density at radius 2 is 2.06 bits per heavy atom. The fraction of sp³-hybridized carbons (Fsp3) is 0.300. The van der Waals surface area contributed by atoms with Crippen LogP contribution < -0.4 is 16.2 Å². The molecule has 6 nitrogen and oxygen atoms in total. The predicted molar refractivity (Wildman–Crippen MR) is 64.5 cm³/mol. The SMILES string of the molecule is Cc1cc(S(=O)(=O)NCCC(N)=O)cc(N)c1F. The third kappa shape index (κ3) is 3.41. The molecule has 0 heterocycles. The molecule has 1 aromatic rings. The lowest BCUT2D eigenvalue weighted by atomic mass is 10.2. The van der Waals surface area contributed by atoms with Crippen LogP contribution in [0.2, 0.25) is 0 Å². The summed E-state index contributed by atoms with van der Waals surface area (Å²) in [6, 6.07) is 2.19. The number of hydrogen-bond acceptors (Lipinski definition) is 4. The number of hydrogen-bond donors (Lipinski definition) is 3. The van der Waals surface area contributed by atoms with Crippen LogP contribution in [0.15, 0.2) is 17.0 Å². The number of carbonyl (C=O) groups excluding carboxylic acids is 1. The van der Waals surface area contributed by atoms with Gasteiger partial charge in [-0.1, -0.05) is 0 Å². The molecule has 1 rings (SSSR count). The summed E-state index contributed by atoms with van der Waals surface area (Å²) in [5.41, 5.74) is 10.1. The number of benzene rings is 1. The maximum absolute atomic E-state index is 13.3. The van der Waals surface area contributed by atoms with Gasteiger partial charge in [-0.3, -0.25) is 4.79 Å². The Bertz CT molecular complexity index is 549. The van der Waals surface area contributed by atoms with Gasteiger partial charge in [-0.05, 0) is 24.6 Å². The fourth-order valence-electron chi connectivity index (χ4n) is 1.31. The highest BCUT2D eigenvalue weighted by Gasteiger charge is 2.17. The van der Waals surface area contributed by atoms with Crippen LogP contribution in [-0.4, -0.2) is 20.9 Å². The zero-order chi connectivity index (χ0) is 13.9. The van der Waals surface area contributed by atoms with Gasteiger partial charge in [-0.15, -0.1) is 0 Å². The van der Waals surface area contributed by atoms with E-state index in [0.29, 0.717) is 0 Å². The number of primary amides is 1. The average molecular weight is 275 g/mol. The quantitative estimate of drug-likeness (QED) is 0.649. The van der Waals surface area contributed by atoms with E-state index in [4.69, 9.17) is 11.5 Å². The molecular formula is C10H14FN3O3S. The van der Waals surface area contributed by atoms with Crippen LogP contribution in [0.5, 0.6) is 0 Å². The molecule has 0 bridgehead atoms. The summed E-state index contributed by atoms with van der Waals surface area (Å²) < 4.78 is 39.0. The van der Waals surface area contributed by atoms with Crippen LogP contribution in [0.4, 0.5) is 10.1 Å². The number of rotatable bonds is 5. The minimum absolute atomic E-state index is 0.116. The molecule has 0 unspecified atom stereocenters. The zero-order valence-corrected chi connectivity index (χ0v) is 10.6. The first kappa shape index (κ1) is 14.4. The van der Waals surface area contributed by atoms with Gasteiger partial charge >= 0.3 is 0 Å². The topological polar surface area (TPSA) is 115 Å². The summed E-state index contributed by atoms with van der Waals surface area (Å²) in [5.74, 6) is -1.27. The van der Waals surface area contributed by atoms with Crippen LogP contribution in [-0.2, 0) is 14.8 Å². The van der Waals surface area contributed by atoms with E-state index in [2.05, 4.69) is 4.72 Å². The lowest BCUT2D eigenvalue weighted by Crippen LogP contribution is -2.28. The van der Waals surface area contributed by atoms with Crippen molar-refractivity contribution >= 4 is 21.6 Å². The monoisotopic (exact) mass is 275 g/mol. The normalized spacial score (nSPS) is 11.4. The Kier molecular flexibility index (Phi) is 4.25. The molecule has 0 spiro atoms. The molecule has 0 atom stereocenters. The highest BCUT2D eigenvalue weighted by Crippen LogP contribution is 2.20. The number of nitrogens with one attached hydrogen (secondary N) is 1. The smallest absolute Gasteiger partial charge is 0.240 e. The summed E-state index contributed by atoms with van der Waals surface area (Å²) in [7, 11) is -3.82. The number of anilines is 1. The Balaban J connectivity index is 2.95. The van der Waals surface area contributed by atoms with Crippen molar-refractivity contribution in [1.29, 1.82) is 0 Å². The average Bonchev–Trinajstić information content (AvgIpc) is 2.24. The third-order valence-corrected chi connectivity index (χ3v) is 3.67. The van der Waals surface area contributed by atoms with Gasteiger partial charge < -0.3 is 11.5 Å². The highest BCUT2D eigenvalue weighted by molar-refractivity contribution is 7.89. The van der Waals surface area contributed by atoms with Gasteiger partial charge in [-0.2, -0.15) is 0 Å². The molecular weight excluding hydrogens is 261 g/mol. The molecule has 0 aromatic heterocycles. The second-order valence-electron chi connectivity index (χ2n) is 3.76. The molecule has 0 fully saturated rings. The van der Waals surface area contributed by atoms with E-state index in [-0.39, 0.29) is 29.1 Å². The minimum atomic E-state index is -3.82. The van der Waals surface area contributed by atoms with Crippen molar-refractivity contribution in [3.05, 3.63) is 23.5 Å². The van der Waals surface area contributed by atoms with Gasteiger partial charge in [0, 0.05) is 13.0 Å². The number of aryl methyl sites for hydroxylation is 1. The van der Waals surface area contributed by atoms with Crippen molar-refractivity contribution in [2.24, 2.45) is 5.73 Å². The van der Waals surface area contributed by atoms with E-state index < -0.39 is 21.7 Å². The molecule has 18 heavy (non-hydrogen) atoms. The second-order valence-corrected chi connectivity index (χ2v) is 5.52. The molecule has 100 valence electrons. The molecule has 1 amide bonds. The van der Waals surface area contributed by atoms with E-state index >= 15 is 0 Å². The lowest BCUT2D eigenvalue weighted by Gasteiger charge is -2.08. The van der Waals surface area contributed by atoms with Crippen LogP contribution >= 0.6 is 0 Å². The molecule has 0 aliphatic rings. The molecule has 0 aliphatic heterocycles. The number of sulfonamides is 1. The van der Waals surface area contributed by atoms with Crippen molar-refractivity contribution in [2.45, 2.75) is 18.2 Å². The zero-order valence-electron chi connectivity index (χ0n) is 9.73. The Morgan fingerprint density at radius 1 is 1.44 bits per heavy atom. The fourth-order valence-corrected chi connectivity index (χ4v) is 2.46. The number of amides is 1. The van der Waals surface area contributed by atoms with Crippen LogP contribution in [0.1, 0.15) is 12.0 Å². The van der Waals surface area contributed by atoms with Crippen molar-refractivity contribution in [3.63, 3.8) is 0 Å². The first-order valence-electron chi connectivity index (χ1n) is 5.07. The summed E-state index contributed by atoms with van der Waals surface area (Å²) in [6.45, 7) is 1.29.